The zero-order valence-corrected chi connectivity index (χ0v) is 10.5. The summed E-state index contributed by atoms with van der Waals surface area (Å²) in [6, 6.07) is 6.80. The number of carbonyl (C=O) groups is 2. The van der Waals surface area contributed by atoms with Crippen molar-refractivity contribution in [1.29, 1.82) is 0 Å². The molecule has 0 bridgehead atoms. The maximum Gasteiger partial charge on any atom is 0.251 e. The molecule has 3 rings (SSSR count). The van der Waals surface area contributed by atoms with Gasteiger partial charge in [-0.05, 0) is 37.1 Å². The summed E-state index contributed by atoms with van der Waals surface area (Å²) in [5.41, 5.74) is 0.592. The SMILES string of the molecule is O=C1C[C@@H](NC2CC2)C(=O)N1c1ccc(Cl)cc1. The average Bonchev–Trinajstić information content (AvgIpc) is 3.10. The van der Waals surface area contributed by atoms with Crippen LogP contribution in [0.2, 0.25) is 5.02 Å². The number of nitrogens with zero attached hydrogens (tertiary/aromatic N) is 1. The lowest BCUT2D eigenvalue weighted by Gasteiger charge is -2.15. The average molecular weight is 265 g/mol. The van der Waals surface area contributed by atoms with Crippen LogP contribution in [-0.4, -0.2) is 23.9 Å². The molecule has 1 atom stereocenters. The maximum absolute atomic E-state index is 12.2. The van der Waals surface area contributed by atoms with Crippen LogP contribution in [0.3, 0.4) is 0 Å². The maximum atomic E-state index is 12.2. The van der Waals surface area contributed by atoms with E-state index in [1.807, 2.05) is 0 Å². The molecule has 0 aromatic heterocycles. The van der Waals surface area contributed by atoms with E-state index < -0.39 is 0 Å². The normalized spacial score (nSPS) is 23.8. The number of hydrogen-bond donors (Lipinski definition) is 1. The fraction of sp³-hybridized carbons (Fsp3) is 0.385. The number of imide groups is 1. The standard InChI is InChI=1S/C13H13ClN2O2/c14-8-1-5-10(6-2-8)16-12(17)7-11(13(16)18)15-9-3-4-9/h1-2,5-6,9,11,15H,3-4,7H2/t11-/m1/s1. The lowest BCUT2D eigenvalue weighted by atomic mass is 10.2. The number of halogens is 1. The Morgan fingerprint density at radius 1 is 1.17 bits per heavy atom. The van der Waals surface area contributed by atoms with Crippen LogP contribution in [-0.2, 0) is 9.59 Å². The number of benzene rings is 1. The molecule has 1 N–H and O–H groups in total. The summed E-state index contributed by atoms with van der Waals surface area (Å²) in [6.45, 7) is 0. The lowest BCUT2D eigenvalue weighted by Crippen LogP contribution is -2.39. The van der Waals surface area contributed by atoms with Crippen LogP contribution in [0.4, 0.5) is 5.69 Å². The molecular weight excluding hydrogens is 252 g/mol. The third-order valence-electron chi connectivity index (χ3n) is 3.25. The molecule has 2 amide bonds. The summed E-state index contributed by atoms with van der Waals surface area (Å²) >= 11 is 5.80. The minimum absolute atomic E-state index is 0.152. The summed E-state index contributed by atoms with van der Waals surface area (Å²) < 4.78 is 0. The van der Waals surface area contributed by atoms with Gasteiger partial charge in [0.25, 0.3) is 5.91 Å². The highest BCUT2D eigenvalue weighted by atomic mass is 35.5. The Labute approximate surface area is 110 Å². The molecule has 4 nitrogen and oxygen atoms in total. The van der Waals surface area contributed by atoms with Crippen molar-refractivity contribution >= 4 is 29.1 Å². The molecule has 1 aliphatic carbocycles. The number of carbonyl (C=O) groups excluding carboxylic acids is 2. The number of nitrogens with one attached hydrogen (secondary N) is 1. The van der Waals surface area contributed by atoms with Crippen molar-refractivity contribution < 1.29 is 9.59 Å². The van der Waals surface area contributed by atoms with E-state index in [4.69, 9.17) is 11.6 Å². The first-order valence-electron chi connectivity index (χ1n) is 6.03. The zero-order chi connectivity index (χ0) is 12.7. The second-order valence-corrected chi connectivity index (χ2v) is 5.18. The Hall–Kier alpha value is -1.39. The third-order valence-corrected chi connectivity index (χ3v) is 3.50. The van der Waals surface area contributed by atoms with Gasteiger partial charge in [-0.1, -0.05) is 11.6 Å². The van der Waals surface area contributed by atoms with E-state index in [2.05, 4.69) is 5.32 Å². The second-order valence-electron chi connectivity index (χ2n) is 4.74. The van der Waals surface area contributed by atoms with Gasteiger partial charge in [-0.2, -0.15) is 0 Å². The van der Waals surface area contributed by atoms with E-state index in [-0.39, 0.29) is 24.3 Å². The van der Waals surface area contributed by atoms with Crippen molar-refractivity contribution in [1.82, 2.24) is 5.32 Å². The molecule has 1 saturated carbocycles. The van der Waals surface area contributed by atoms with E-state index in [0.29, 0.717) is 16.8 Å². The van der Waals surface area contributed by atoms with E-state index in [0.717, 1.165) is 12.8 Å². The predicted octanol–water partition coefficient (Wildman–Crippen LogP) is 1.72. The molecule has 18 heavy (non-hydrogen) atoms. The van der Waals surface area contributed by atoms with Crippen LogP contribution in [0, 0.1) is 0 Å². The highest BCUT2D eigenvalue weighted by Gasteiger charge is 2.41. The van der Waals surface area contributed by atoms with Gasteiger partial charge >= 0.3 is 0 Å². The number of amides is 2. The van der Waals surface area contributed by atoms with E-state index in [1.54, 1.807) is 24.3 Å². The Morgan fingerprint density at radius 3 is 2.44 bits per heavy atom. The van der Waals surface area contributed by atoms with E-state index >= 15 is 0 Å². The molecule has 0 radical (unpaired) electrons. The molecule has 1 saturated heterocycles. The molecule has 2 aliphatic rings. The van der Waals surface area contributed by atoms with Gasteiger partial charge in [-0.15, -0.1) is 0 Å². The van der Waals surface area contributed by atoms with Crippen molar-refractivity contribution in [3.05, 3.63) is 29.3 Å². The first-order valence-corrected chi connectivity index (χ1v) is 6.41. The fourth-order valence-electron chi connectivity index (χ4n) is 2.16. The minimum Gasteiger partial charge on any atom is -0.303 e. The Kier molecular flexibility index (Phi) is 2.84. The predicted molar refractivity (Wildman–Crippen MR) is 68.5 cm³/mol. The van der Waals surface area contributed by atoms with Crippen molar-refractivity contribution in [2.24, 2.45) is 0 Å². The zero-order valence-electron chi connectivity index (χ0n) is 9.73. The number of anilines is 1. The summed E-state index contributed by atoms with van der Waals surface area (Å²) in [6.07, 6.45) is 2.44. The molecule has 0 spiro atoms. The van der Waals surface area contributed by atoms with Crippen LogP contribution in [0.25, 0.3) is 0 Å². The van der Waals surface area contributed by atoms with Gasteiger partial charge in [-0.3, -0.25) is 9.59 Å². The molecule has 1 heterocycles. The fourth-order valence-corrected chi connectivity index (χ4v) is 2.28. The Balaban J connectivity index is 1.80. The van der Waals surface area contributed by atoms with Crippen LogP contribution in [0.5, 0.6) is 0 Å². The summed E-state index contributed by atoms with van der Waals surface area (Å²) in [4.78, 5) is 25.3. The van der Waals surface area contributed by atoms with Crippen molar-refractivity contribution in [2.45, 2.75) is 31.3 Å². The van der Waals surface area contributed by atoms with E-state index in [1.165, 1.54) is 4.90 Å². The molecule has 1 aromatic carbocycles. The minimum atomic E-state index is -0.360. The summed E-state index contributed by atoms with van der Waals surface area (Å²) in [5, 5.41) is 3.79. The van der Waals surface area contributed by atoms with Gasteiger partial charge in [0, 0.05) is 11.1 Å². The Bertz CT molecular complexity index is 496. The van der Waals surface area contributed by atoms with Crippen molar-refractivity contribution in [3.63, 3.8) is 0 Å². The van der Waals surface area contributed by atoms with Crippen LogP contribution >= 0.6 is 11.6 Å². The molecule has 94 valence electrons. The lowest BCUT2D eigenvalue weighted by molar-refractivity contribution is -0.121. The van der Waals surface area contributed by atoms with Gasteiger partial charge < -0.3 is 5.32 Å². The third kappa shape index (κ3) is 2.13. The quantitative estimate of drug-likeness (QED) is 0.846. The first kappa shape index (κ1) is 11.7. The van der Waals surface area contributed by atoms with Gasteiger partial charge in [0.1, 0.15) is 0 Å². The smallest absolute Gasteiger partial charge is 0.251 e. The molecule has 5 heteroatoms. The van der Waals surface area contributed by atoms with E-state index in [9.17, 15) is 9.59 Å². The van der Waals surface area contributed by atoms with Gasteiger partial charge in [-0.25, -0.2) is 4.90 Å². The molecule has 2 fully saturated rings. The van der Waals surface area contributed by atoms with Gasteiger partial charge in [0.15, 0.2) is 0 Å². The number of rotatable bonds is 3. The molecule has 0 unspecified atom stereocenters. The molecule has 1 aliphatic heterocycles. The second kappa shape index (κ2) is 4.37. The van der Waals surface area contributed by atoms with Crippen LogP contribution in [0.1, 0.15) is 19.3 Å². The molecular formula is C13H13ClN2O2. The Morgan fingerprint density at radius 2 is 1.83 bits per heavy atom. The highest BCUT2D eigenvalue weighted by Crippen LogP contribution is 2.27. The van der Waals surface area contributed by atoms with Gasteiger partial charge in [0.2, 0.25) is 5.91 Å². The summed E-state index contributed by atoms with van der Waals surface area (Å²) in [7, 11) is 0. The topological polar surface area (TPSA) is 49.4 Å². The summed E-state index contributed by atoms with van der Waals surface area (Å²) in [5.74, 6) is -0.310. The highest BCUT2D eigenvalue weighted by molar-refractivity contribution is 6.30. The number of hydrogen-bond acceptors (Lipinski definition) is 3. The van der Waals surface area contributed by atoms with Crippen molar-refractivity contribution in [2.75, 3.05) is 4.90 Å². The van der Waals surface area contributed by atoms with Crippen LogP contribution < -0.4 is 10.2 Å². The first-order chi connectivity index (χ1) is 8.65. The largest absolute Gasteiger partial charge is 0.303 e. The monoisotopic (exact) mass is 264 g/mol. The molecule has 1 aromatic rings. The van der Waals surface area contributed by atoms with Crippen molar-refractivity contribution in [3.8, 4) is 0 Å². The van der Waals surface area contributed by atoms with Crippen LogP contribution in [0.15, 0.2) is 24.3 Å². The van der Waals surface area contributed by atoms with Gasteiger partial charge in [0.05, 0.1) is 18.2 Å².